The lowest BCUT2D eigenvalue weighted by Gasteiger charge is -2.43. The fourth-order valence-corrected chi connectivity index (χ4v) is 2.41. The van der Waals surface area contributed by atoms with E-state index in [4.69, 9.17) is 4.74 Å². The van der Waals surface area contributed by atoms with Crippen LogP contribution >= 0.6 is 0 Å². The molecular weight excluding hydrogens is 150 g/mol. The van der Waals surface area contributed by atoms with Crippen LogP contribution < -0.4 is 5.32 Å². The highest BCUT2D eigenvalue weighted by atomic mass is 16.5. The predicted molar refractivity (Wildman–Crippen MR) is 49.0 cm³/mol. The first-order valence-corrected chi connectivity index (χ1v) is 5.22. The first-order valence-electron chi connectivity index (χ1n) is 5.22. The van der Waals surface area contributed by atoms with Gasteiger partial charge in [-0.15, -0.1) is 0 Å². The van der Waals surface area contributed by atoms with Gasteiger partial charge in [0, 0.05) is 6.04 Å². The number of hydrogen-bond acceptors (Lipinski definition) is 2. The normalized spacial score (nSPS) is 35.2. The average Bonchev–Trinajstić information content (AvgIpc) is 2.05. The average molecular weight is 169 g/mol. The van der Waals surface area contributed by atoms with Gasteiger partial charge in [0.15, 0.2) is 0 Å². The molecular formula is C10H19NO. The molecule has 1 heterocycles. The topological polar surface area (TPSA) is 21.3 Å². The van der Waals surface area contributed by atoms with Gasteiger partial charge in [-0.05, 0) is 39.0 Å². The van der Waals surface area contributed by atoms with Crippen LogP contribution in [0.3, 0.4) is 0 Å². The standard InChI is InChI=1S/C10H19NO/c1-9-5-8-12-10(11-9)6-3-2-4-7-10/h9,11H,2-8H2,1H3. The van der Waals surface area contributed by atoms with Crippen LogP contribution in [0, 0.1) is 0 Å². The van der Waals surface area contributed by atoms with Crippen molar-refractivity contribution in [3.05, 3.63) is 0 Å². The van der Waals surface area contributed by atoms with E-state index < -0.39 is 0 Å². The monoisotopic (exact) mass is 169 g/mol. The molecule has 2 rings (SSSR count). The molecule has 0 amide bonds. The minimum atomic E-state index is 0.0793. The maximum Gasteiger partial charge on any atom is 0.119 e. The summed E-state index contributed by atoms with van der Waals surface area (Å²) in [4.78, 5) is 0. The van der Waals surface area contributed by atoms with E-state index in [-0.39, 0.29) is 5.72 Å². The van der Waals surface area contributed by atoms with Gasteiger partial charge in [0.25, 0.3) is 0 Å². The molecule has 1 aliphatic carbocycles. The number of rotatable bonds is 0. The highest BCUT2D eigenvalue weighted by molar-refractivity contribution is 4.87. The Morgan fingerprint density at radius 1 is 1.25 bits per heavy atom. The van der Waals surface area contributed by atoms with Crippen LogP contribution in [0.4, 0.5) is 0 Å². The summed E-state index contributed by atoms with van der Waals surface area (Å²) < 4.78 is 5.87. The highest BCUT2D eigenvalue weighted by Gasteiger charge is 2.36. The Morgan fingerprint density at radius 3 is 2.67 bits per heavy atom. The highest BCUT2D eigenvalue weighted by Crippen LogP contribution is 2.32. The number of nitrogens with one attached hydrogen (secondary N) is 1. The van der Waals surface area contributed by atoms with E-state index in [1.807, 2.05) is 0 Å². The van der Waals surface area contributed by atoms with E-state index in [1.54, 1.807) is 0 Å². The van der Waals surface area contributed by atoms with Crippen LogP contribution in [0.5, 0.6) is 0 Å². The second kappa shape index (κ2) is 3.35. The summed E-state index contributed by atoms with van der Waals surface area (Å²) in [5.74, 6) is 0. The summed E-state index contributed by atoms with van der Waals surface area (Å²) in [6.07, 6.45) is 7.66. The molecule has 1 aliphatic heterocycles. The number of hydrogen-bond donors (Lipinski definition) is 1. The second-order valence-corrected chi connectivity index (χ2v) is 4.24. The molecule has 1 saturated heterocycles. The zero-order valence-corrected chi connectivity index (χ0v) is 7.94. The van der Waals surface area contributed by atoms with Gasteiger partial charge in [0.2, 0.25) is 0 Å². The van der Waals surface area contributed by atoms with Gasteiger partial charge in [0.05, 0.1) is 6.61 Å². The van der Waals surface area contributed by atoms with Gasteiger partial charge in [0.1, 0.15) is 5.72 Å². The SMILES string of the molecule is CC1CCOC2(CCCCC2)N1. The molecule has 2 nitrogen and oxygen atoms in total. The number of ether oxygens (including phenoxy) is 1. The summed E-state index contributed by atoms with van der Waals surface area (Å²) in [6.45, 7) is 3.22. The van der Waals surface area contributed by atoms with Crippen LogP contribution in [0.25, 0.3) is 0 Å². The quantitative estimate of drug-likeness (QED) is 0.599. The van der Waals surface area contributed by atoms with Gasteiger partial charge in [-0.25, -0.2) is 0 Å². The lowest BCUT2D eigenvalue weighted by Crippen LogP contribution is -2.56. The fraction of sp³-hybridized carbons (Fsp3) is 1.00. The second-order valence-electron chi connectivity index (χ2n) is 4.24. The molecule has 0 bridgehead atoms. The largest absolute Gasteiger partial charge is 0.361 e. The third kappa shape index (κ3) is 1.64. The first kappa shape index (κ1) is 8.52. The lowest BCUT2D eigenvalue weighted by molar-refractivity contribution is -0.128. The van der Waals surface area contributed by atoms with Crippen molar-refractivity contribution in [1.82, 2.24) is 5.32 Å². The van der Waals surface area contributed by atoms with Crippen molar-refractivity contribution < 1.29 is 4.74 Å². The van der Waals surface area contributed by atoms with Crippen LogP contribution in [0.15, 0.2) is 0 Å². The Bertz CT molecular complexity index is 146. The molecule has 1 atom stereocenters. The van der Waals surface area contributed by atoms with Crippen molar-refractivity contribution in [2.24, 2.45) is 0 Å². The summed E-state index contributed by atoms with van der Waals surface area (Å²) in [5.41, 5.74) is 0.0793. The Labute approximate surface area is 74.7 Å². The molecule has 12 heavy (non-hydrogen) atoms. The zero-order valence-electron chi connectivity index (χ0n) is 7.94. The molecule has 0 radical (unpaired) electrons. The summed E-state index contributed by atoms with van der Waals surface area (Å²) in [6, 6.07) is 0.650. The molecule has 0 aromatic carbocycles. The predicted octanol–water partition coefficient (Wildman–Crippen LogP) is 2.05. The molecule has 2 aliphatic rings. The molecule has 2 fully saturated rings. The maximum absolute atomic E-state index is 5.87. The van der Waals surface area contributed by atoms with Gasteiger partial charge in [-0.1, -0.05) is 6.42 Å². The van der Waals surface area contributed by atoms with Gasteiger partial charge in [-0.3, -0.25) is 5.32 Å². The fourth-order valence-electron chi connectivity index (χ4n) is 2.41. The minimum Gasteiger partial charge on any atom is -0.361 e. The Balaban J connectivity index is 1.97. The Kier molecular flexibility index (Phi) is 2.37. The van der Waals surface area contributed by atoms with Crippen molar-refractivity contribution in [2.75, 3.05) is 6.61 Å². The van der Waals surface area contributed by atoms with Crippen molar-refractivity contribution in [1.29, 1.82) is 0 Å². The summed E-state index contributed by atoms with van der Waals surface area (Å²) >= 11 is 0. The third-order valence-corrected chi connectivity index (χ3v) is 3.10. The molecule has 1 spiro atoms. The van der Waals surface area contributed by atoms with E-state index in [1.165, 1.54) is 38.5 Å². The van der Waals surface area contributed by atoms with Crippen molar-refractivity contribution in [3.63, 3.8) is 0 Å². The van der Waals surface area contributed by atoms with Crippen LogP contribution in [0.1, 0.15) is 45.4 Å². The summed E-state index contributed by atoms with van der Waals surface area (Å²) in [7, 11) is 0. The zero-order chi connectivity index (χ0) is 8.44. The Morgan fingerprint density at radius 2 is 2.00 bits per heavy atom. The van der Waals surface area contributed by atoms with E-state index in [0.29, 0.717) is 6.04 Å². The molecule has 2 heteroatoms. The van der Waals surface area contributed by atoms with Crippen LogP contribution in [0.2, 0.25) is 0 Å². The lowest BCUT2D eigenvalue weighted by atomic mass is 9.89. The van der Waals surface area contributed by atoms with Crippen molar-refractivity contribution in [2.45, 2.75) is 57.2 Å². The van der Waals surface area contributed by atoms with Crippen molar-refractivity contribution in [3.8, 4) is 0 Å². The summed E-state index contributed by atoms with van der Waals surface area (Å²) in [5, 5.41) is 3.61. The third-order valence-electron chi connectivity index (χ3n) is 3.10. The van der Waals surface area contributed by atoms with Crippen LogP contribution in [-0.4, -0.2) is 18.4 Å². The Hall–Kier alpha value is -0.0800. The molecule has 70 valence electrons. The molecule has 1 N–H and O–H groups in total. The van der Waals surface area contributed by atoms with Gasteiger partial charge < -0.3 is 4.74 Å². The molecule has 1 unspecified atom stereocenters. The van der Waals surface area contributed by atoms with Crippen molar-refractivity contribution >= 4 is 0 Å². The van der Waals surface area contributed by atoms with E-state index in [9.17, 15) is 0 Å². The smallest absolute Gasteiger partial charge is 0.119 e. The molecule has 1 saturated carbocycles. The minimum absolute atomic E-state index is 0.0793. The molecule has 0 aromatic rings. The van der Waals surface area contributed by atoms with Gasteiger partial charge >= 0.3 is 0 Å². The van der Waals surface area contributed by atoms with E-state index in [2.05, 4.69) is 12.2 Å². The first-order chi connectivity index (χ1) is 5.81. The van der Waals surface area contributed by atoms with E-state index >= 15 is 0 Å². The van der Waals surface area contributed by atoms with E-state index in [0.717, 1.165) is 6.61 Å². The molecule has 0 aromatic heterocycles. The maximum atomic E-state index is 5.87. The van der Waals surface area contributed by atoms with Crippen LogP contribution in [-0.2, 0) is 4.74 Å². The van der Waals surface area contributed by atoms with Gasteiger partial charge in [-0.2, -0.15) is 0 Å².